The number of hydrogen-bond donors (Lipinski definition) is 0. The van der Waals surface area contributed by atoms with Crippen LogP contribution in [0.2, 0.25) is 0 Å². The lowest BCUT2D eigenvalue weighted by molar-refractivity contribution is -0.888. The minimum absolute atomic E-state index is 0.784. The molecule has 0 radical (unpaired) electrons. The average molecular weight is 361 g/mol. The fourth-order valence-corrected chi connectivity index (χ4v) is 3.89. The lowest BCUT2D eigenvalue weighted by atomic mass is 10.0. The molecule has 0 N–H and O–H groups in total. The lowest BCUT2D eigenvalue weighted by Gasteiger charge is -2.28. The first kappa shape index (κ1) is 24.2. The Kier molecular flexibility index (Phi) is 18.2. The molecule has 0 saturated carbocycles. The van der Waals surface area contributed by atoms with Gasteiger partial charge in [0.1, 0.15) is 0 Å². The highest BCUT2D eigenvalue weighted by molar-refractivity contribution is 6.17. The molecule has 146 valence electrons. The van der Waals surface area contributed by atoms with Crippen LogP contribution in [0, 0.1) is 0 Å². The smallest absolute Gasteiger partial charge is 0.0920 e. The topological polar surface area (TPSA) is 0 Å². The molecule has 0 aliphatic carbocycles. The molecule has 0 rings (SSSR count). The number of alkyl halides is 1. The van der Waals surface area contributed by atoms with E-state index in [0.29, 0.717) is 0 Å². The molecule has 0 aromatic heterocycles. The van der Waals surface area contributed by atoms with Crippen LogP contribution in [0.3, 0.4) is 0 Å². The van der Waals surface area contributed by atoms with Gasteiger partial charge in [-0.25, -0.2) is 0 Å². The number of rotatable bonds is 19. The summed E-state index contributed by atoms with van der Waals surface area (Å²) < 4.78 is 1.09. The Morgan fingerprint density at radius 2 is 0.833 bits per heavy atom. The average Bonchev–Trinajstić information content (AvgIpc) is 2.54. The lowest BCUT2D eigenvalue weighted by Crippen LogP contribution is -2.41. The number of hydrogen-bond acceptors (Lipinski definition) is 0. The molecule has 0 bridgehead atoms. The van der Waals surface area contributed by atoms with Crippen molar-refractivity contribution in [2.24, 2.45) is 0 Å². The van der Waals surface area contributed by atoms with Crippen molar-refractivity contribution in [3.63, 3.8) is 0 Å². The van der Waals surface area contributed by atoms with Gasteiger partial charge in [0.2, 0.25) is 0 Å². The van der Waals surface area contributed by atoms with Crippen molar-refractivity contribution in [3.05, 3.63) is 0 Å². The molecule has 0 fully saturated rings. The summed E-state index contributed by atoms with van der Waals surface area (Å²) >= 11 is 5.85. The van der Waals surface area contributed by atoms with Gasteiger partial charge >= 0.3 is 0 Å². The highest BCUT2D eigenvalue weighted by Gasteiger charge is 2.12. The number of quaternary nitrogens is 1. The molecule has 0 heterocycles. The maximum Gasteiger partial charge on any atom is 0.0920 e. The first-order valence-corrected chi connectivity index (χ1v) is 11.5. The van der Waals surface area contributed by atoms with Gasteiger partial charge in [0.05, 0.1) is 33.1 Å². The van der Waals surface area contributed by atoms with Crippen molar-refractivity contribution in [2.75, 3.05) is 33.1 Å². The third-order valence-electron chi connectivity index (χ3n) is 5.31. The summed E-state index contributed by atoms with van der Waals surface area (Å²) in [5.74, 6) is 0.784. The van der Waals surface area contributed by atoms with Crippen LogP contribution in [0.5, 0.6) is 0 Å². The van der Waals surface area contributed by atoms with Crippen LogP contribution in [0.25, 0.3) is 0 Å². The van der Waals surface area contributed by atoms with Gasteiger partial charge in [0.15, 0.2) is 0 Å². The molecular weight excluding hydrogens is 314 g/mol. The quantitative estimate of drug-likeness (QED) is 0.126. The van der Waals surface area contributed by atoms with Crippen LogP contribution in [-0.4, -0.2) is 37.5 Å². The van der Waals surface area contributed by atoms with E-state index in [1.54, 1.807) is 0 Å². The van der Waals surface area contributed by atoms with Crippen LogP contribution in [0.1, 0.15) is 110 Å². The van der Waals surface area contributed by atoms with E-state index in [1.165, 1.54) is 109 Å². The highest BCUT2D eigenvalue weighted by atomic mass is 35.5. The van der Waals surface area contributed by atoms with Crippen molar-refractivity contribution < 1.29 is 4.48 Å². The first-order valence-electron chi connectivity index (χ1n) is 11.0. The minimum Gasteiger partial charge on any atom is -0.327 e. The monoisotopic (exact) mass is 360 g/mol. The Hall–Kier alpha value is 0.250. The Morgan fingerprint density at radius 3 is 1.17 bits per heavy atom. The summed E-state index contributed by atoms with van der Waals surface area (Å²) in [5.41, 5.74) is 0. The molecule has 0 aliphatic rings. The van der Waals surface area contributed by atoms with Crippen LogP contribution >= 0.6 is 11.6 Å². The van der Waals surface area contributed by atoms with Crippen LogP contribution in [-0.2, 0) is 0 Å². The third-order valence-corrected chi connectivity index (χ3v) is 5.48. The zero-order chi connectivity index (χ0) is 17.9. The van der Waals surface area contributed by atoms with Crippen LogP contribution < -0.4 is 0 Å². The molecule has 0 unspecified atom stereocenters. The Labute approximate surface area is 159 Å². The van der Waals surface area contributed by atoms with E-state index in [2.05, 4.69) is 21.0 Å². The van der Waals surface area contributed by atoms with E-state index >= 15 is 0 Å². The maximum absolute atomic E-state index is 5.85. The first-order chi connectivity index (χ1) is 11.6. The normalized spacial score (nSPS) is 12.0. The minimum atomic E-state index is 0.784. The molecular formula is C22H47ClN+. The second-order valence-corrected chi connectivity index (χ2v) is 8.75. The van der Waals surface area contributed by atoms with Gasteiger partial charge < -0.3 is 4.48 Å². The van der Waals surface area contributed by atoms with Gasteiger partial charge in [-0.15, -0.1) is 11.6 Å². The molecule has 0 saturated heterocycles. The summed E-state index contributed by atoms with van der Waals surface area (Å²) in [5, 5.41) is 0. The van der Waals surface area contributed by atoms with Crippen molar-refractivity contribution in [1.29, 1.82) is 0 Å². The Morgan fingerprint density at radius 1 is 0.500 bits per heavy atom. The second kappa shape index (κ2) is 18.1. The van der Waals surface area contributed by atoms with Crippen molar-refractivity contribution in [3.8, 4) is 0 Å². The van der Waals surface area contributed by atoms with E-state index in [1.807, 2.05) is 0 Å². The van der Waals surface area contributed by atoms with Gasteiger partial charge in [-0.2, -0.15) is 0 Å². The number of halogens is 1. The van der Waals surface area contributed by atoms with E-state index < -0.39 is 0 Å². The van der Waals surface area contributed by atoms with Crippen LogP contribution in [0.15, 0.2) is 0 Å². The van der Waals surface area contributed by atoms with Crippen molar-refractivity contribution >= 4 is 11.6 Å². The highest BCUT2D eigenvalue weighted by Crippen LogP contribution is 2.14. The fourth-order valence-electron chi connectivity index (χ4n) is 3.43. The summed E-state index contributed by atoms with van der Waals surface area (Å²) in [4.78, 5) is 0. The fraction of sp³-hybridized carbons (Fsp3) is 1.00. The Bertz CT molecular complexity index is 240. The predicted octanol–water partition coefficient (Wildman–Crippen LogP) is 7.56. The van der Waals surface area contributed by atoms with E-state index in [9.17, 15) is 0 Å². The summed E-state index contributed by atoms with van der Waals surface area (Å²) in [6.07, 6.45) is 23.1. The van der Waals surface area contributed by atoms with Crippen LogP contribution in [0.4, 0.5) is 0 Å². The van der Waals surface area contributed by atoms with Gasteiger partial charge in [-0.3, -0.25) is 0 Å². The molecule has 0 amide bonds. The van der Waals surface area contributed by atoms with Gasteiger partial charge in [-0.1, -0.05) is 96.8 Å². The molecule has 0 spiro atoms. The Balaban J connectivity index is 3.10. The summed E-state index contributed by atoms with van der Waals surface area (Å²) in [6, 6.07) is 0. The predicted molar refractivity (Wildman–Crippen MR) is 112 cm³/mol. The standard InChI is InChI=1S/C22H47ClN/c1-4-5-6-7-8-9-10-11-12-13-14-15-16-17-18-19-21-24(2,3)22-20-23/h4-22H2,1-3H3/q+1. The molecule has 0 aromatic rings. The van der Waals surface area contributed by atoms with E-state index in [0.717, 1.165) is 16.9 Å². The molecule has 1 nitrogen and oxygen atoms in total. The van der Waals surface area contributed by atoms with Gasteiger partial charge in [0.25, 0.3) is 0 Å². The van der Waals surface area contributed by atoms with E-state index in [4.69, 9.17) is 11.6 Å². The van der Waals surface area contributed by atoms with E-state index in [-0.39, 0.29) is 0 Å². The van der Waals surface area contributed by atoms with Crippen molar-refractivity contribution in [2.45, 2.75) is 110 Å². The second-order valence-electron chi connectivity index (χ2n) is 8.38. The molecule has 24 heavy (non-hydrogen) atoms. The third kappa shape index (κ3) is 18.6. The van der Waals surface area contributed by atoms with Gasteiger partial charge in [-0.05, 0) is 12.8 Å². The zero-order valence-corrected chi connectivity index (χ0v) is 18.0. The van der Waals surface area contributed by atoms with Gasteiger partial charge in [0, 0.05) is 0 Å². The SMILES string of the molecule is CCCCCCCCCCCCCCCCCC[N+](C)(C)CCCl. The summed E-state index contributed by atoms with van der Waals surface area (Å²) in [6.45, 7) is 4.68. The molecule has 0 atom stereocenters. The van der Waals surface area contributed by atoms with Crippen molar-refractivity contribution in [1.82, 2.24) is 0 Å². The number of nitrogens with zero attached hydrogens (tertiary/aromatic N) is 1. The summed E-state index contributed by atoms with van der Waals surface area (Å²) in [7, 11) is 4.60. The molecule has 0 aliphatic heterocycles. The zero-order valence-electron chi connectivity index (χ0n) is 17.3. The number of unbranched alkanes of at least 4 members (excludes halogenated alkanes) is 15. The molecule has 2 heteroatoms. The molecule has 0 aromatic carbocycles. The maximum atomic E-state index is 5.85. The largest absolute Gasteiger partial charge is 0.327 e.